The normalized spacial score (nSPS) is 23.0. The van der Waals surface area contributed by atoms with Crippen molar-refractivity contribution in [2.45, 2.75) is 17.5 Å². The molecule has 208 valence electrons. The minimum atomic E-state index is -1.26. The summed E-state index contributed by atoms with van der Waals surface area (Å²) >= 11 is 6.28. The third kappa shape index (κ3) is 4.93. The molecule has 2 N–H and O–H groups in total. The maximum Gasteiger partial charge on any atom is 0.250 e. The second-order valence-electron chi connectivity index (χ2n) is 10.9. The minimum absolute atomic E-state index is 0.109. The monoisotopic (exact) mass is 565 g/mol. The van der Waals surface area contributed by atoms with Crippen molar-refractivity contribution in [1.29, 1.82) is 0 Å². The van der Waals surface area contributed by atoms with E-state index in [1.165, 1.54) is 0 Å². The Morgan fingerprint density at radius 2 is 1.56 bits per heavy atom. The molecule has 2 aliphatic heterocycles. The predicted octanol–water partition coefficient (Wildman–Crippen LogP) is 6.06. The van der Waals surface area contributed by atoms with Gasteiger partial charge in [0.05, 0.1) is 5.92 Å². The molecule has 4 aromatic rings. The number of ether oxygens (including phenoxy) is 1. The molecule has 0 aliphatic carbocycles. The zero-order chi connectivity index (χ0) is 28.6. The third-order valence-corrected chi connectivity index (χ3v) is 8.42. The lowest BCUT2D eigenvalue weighted by Crippen LogP contribution is -2.50. The zero-order valence-electron chi connectivity index (χ0n) is 23.0. The fraction of sp³-hybridized carbons (Fsp3) is 0.235. The summed E-state index contributed by atoms with van der Waals surface area (Å²) in [6.07, 6.45) is 0. The Kier molecular flexibility index (Phi) is 7.39. The number of rotatable bonds is 8. The van der Waals surface area contributed by atoms with Crippen molar-refractivity contribution in [2.24, 2.45) is 5.92 Å². The molecule has 1 fully saturated rings. The van der Waals surface area contributed by atoms with E-state index in [0.29, 0.717) is 22.9 Å². The Bertz CT molecular complexity index is 1560. The molecule has 2 unspecified atom stereocenters. The fourth-order valence-corrected chi connectivity index (χ4v) is 6.37. The van der Waals surface area contributed by atoms with Gasteiger partial charge in [-0.1, -0.05) is 72.3 Å². The summed E-state index contributed by atoms with van der Waals surface area (Å²) in [5.41, 5.74) is 2.71. The summed E-state index contributed by atoms with van der Waals surface area (Å²) in [4.78, 5) is 30.8. The largest absolute Gasteiger partial charge is 0.492 e. The van der Waals surface area contributed by atoms with Crippen molar-refractivity contribution < 1.29 is 14.3 Å². The molecule has 0 bridgehead atoms. The smallest absolute Gasteiger partial charge is 0.250 e. The van der Waals surface area contributed by atoms with E-state index in [9.17, 15) is 9.59 Å². The number of likely N-dealkylation sites (N-methyl/N-ethyl adjacent to an activating group) is 1. The molecule has 0 radical (unpaired) electrons. The summed E-state index contributed by atoms with van der Waals surface area (Å²) in [5, 5.41) is 7.38. The van der Waals surface area contributed by atoms with Gasteiger partial charge in [-0.2, -0.15) is 0 Å². The van der Waals surface area contributed by atoms with E-state index < -0.39 is 11.5 Å². The molecule has 4 atom stereocenters. The number of fused-ring (bicyclic) bond motifs is 2. The molecule has 1 spiro atoms. The Labute approximate surface area is 245 Å². The van der Waals surface area contributed by atoms with Crippen LogP contribution in [0.4, 0.5) is 5.69 Å². The number of hydrogen-bond acceptors (Lipinski definition) is 5. The lowest BCUT2D eigenvalue weighted by atomic mass is 9.69. The van der Waals surface area contributed by atoms with Crippen molar-refractivity contribution in [2.75, 3.05) is 32.6 Å². The van der Waals surface area contributed by atoms with Crippen molar-refractivity contribution >= 4 is 29.0 Å². The van der Waals surface area contributed by atoms with Crippen LogP contribution in [-0.4, -0.2) is 43.8 Å². The van der Waals surface area contributed by atoms with Crippen LogP contribution in [0.15, 0.2) is 103 Å². The van der Waals surface area contributed by atoms with E-state index in [4.69, 9.17) is 16.3 Å². The molecular weight excluding hydrogens is 534 g/mol. The lowest BCUT2D eigenvalue weighted by molar-refractivity contribution is -0.122. The number of ketones is 1. The average Bonchev–Trinajstić information content (AvgIpc) is 3.49. The highest BCUT2D eigenvalue weighted by Crippen LogP contribution is 2.57. The summed E-state index contributed by atoms with van der Waals surface area (Å²) in [6, 6.07) is 32.2. The first-order valence-corrected chi connectivity index (χ1v) is 14.2. The van der Waals surface area contributed by atoms with Crippen LogP contribution in [0.3, 0.4) is 0 Å². The highest BCUT2D eigenvalue weighted by Gasteiger charge is 2.64. The Hall–Kier alpha value is -3.97. The second-order valence-corrected chi connectivity index (χ2v) is 11.4. The first-order chi connectivity index (χ1) is 19.9. The van der Waals surface area contributed by atoms with Crippen LogP contribution in [-0.2, 0) is 10.3 Å². The van der Waals surface area contributed by atoms with Crippen LogP contribution in [0.5, 0.6) is 5.75 Å². The van der Waals surface area contributed by atoms with Gasteiger partial charge in [0.2, 0.25) is 5.91 Å². The third-order valence-electron chi connectivity index (χ3n) is 8.17. The van der Waals surface area contributed by atoms with Gasteiger partial charge in [-0.15, -0.1) is 0 Å². The molecule has 41 heavy (non-hydrogen) atoms. The van der Waals surface area contributed by atoms with Crippen molar-refractivity contribution in [3.8, 4) is 5.75 Å². The van der Waals surface area contributed by atoms with E-state index in [2.05, 4.69) is 15.5 Å². The van der Waals surface area contributed by atoms with Crippen LogP contribution in [0.2, 0.25) is 5.02 Å². The van der Waals surface area contributed by atoms with Crippen LogP contribution in [0.1, 0.15) is 39.0 Å². The number of amides is 1. The summed E-state index contributed by atoms with van der Waals surface area (Å²) < 4.78 is 5.87. The number of halogens is 1. The maximum atomic E-state index is 14.7. The average molecular weight is 566 g/mol. The topological polar surface area (TPSA) is 70.7 Å². The molecule has 6 rings (SSSR count). The van der Waals surface area contributed by atoms with Gasteiger partial charge in [0.15, 0.2) is 5.78 Å². The molecule has 0 aromatic heterocycles. The molecule has 1 saturated heterocycles. The van der Waals surface area contributed by atoms with Gasteiger partial charge in [-0.05, 0) is 67.7 Å². The van der Waals surface area contributed by atoms with Crippen LogP contribution < -0.4 is 15.4 Å². The molecule has 0 saturated carbocycles. The lowest BCUT2D eigenvalue weighted by Gasteiger charge is -2.31. The van der Waals surface area contributed by atoms with Gasteiger partial charge in [-0.3, -0.25) is 14.9 Å². The number of Topliss-reactive ketones (excluding diaryl/α,β-unsaturated/α-hetero) is 1. The van der Waals surface area contributed by atoms with Gasteiger partial charge in [0.1, 0.15) is 17.9 Å². The molecule has 6 nitrogen and oxygen atoms in total. The van der Waals surface area contributed by atoms with E-state index in [0.717, 1.165) is 28.9 Å². The van der Waals surface area contributed by atoms with Gasteiger partial charge < -0.3 is 15.0 Å². The summed E-state index contributed by atoms with van der Waals surface area (Å²) in [6.45, 7) is 1.33. The standard InChI is InChI=1S/C34H32ClN3O3/c1-38(2)20-21-41-26-18-14-24(15-19-26)32(39)30-29(22-12-16-25(35)17-13-22)31(23-8-4-3-5-9-23)37-34(30)27-10-6-7-11-28(27)36-33(34)40/h3-19,29-31,37H,20-21H2,1-2H3,(H,36,40)/t29-,30?,31+,34?/m0/s1. The number of carbonyl (C=O) groups excluding carboxylic acids is 2. The maximum absolute atomic E-state index is 14.7. The number of para-hydroxylation sites is 1. The number of benzene rings is 4. The van der Waals surface area contributed by atoms with Gasteiger partial charge in [0.25, 0.3) is 0 Å². The van der Waals surface area contributed by atoms with Crippen molar-refractivity contribution in [3.05, 3.63) is 130 Å². The van der Waals surface area contributed by atoms with Crippen molar-refractivity contribution in [3.63, 3.8) is 0 Å². The van der Waals surface area contributed by atoms with Gasteiger partial charge in [-0.25, -0.2) is 0 Å². The Morgan fingerprint density at radius 3 is 2.27 bits per heavy atom. The molecule has 4 aromatic carbocycles. The van der Waals surface area contributed by atoms with Gasteiger partial charge in [0, 0.05) is 40.3 Å². The Balaban J connectivity index is 1.48. The fourth-order valence-electron chi connectivity index (χ4n) is 6.24. The minimum Gasteiger partial charge on any atom is -0.492 e. The quantitative estimate of drug-likeness (QED) is 0.254. The van der Waals surface area contributed by atoms with E-state index in [1.54, 1.807) is 12.1 Å². The first kappa shape index (κ1) is 27.2. The highest BCUT2D eigenvalue weighted by atomic mass is 35.5. The van der Waals surface area contributed by atoms with E-state index >= 15 is 0 Å². The van der Waals surface area contributed by atoms with Crippen molar-refractivity contribution in [1.82, 2.24) is 10.2 Å². The van der Waals surface area contributed by atoms with E-state index in [-0.39, 0.29) is 23.7 Å². The predicted molar refractivity (Wildman–Crippen MR) is 162 cm³/mol. The molecule has 1 amide bonds. The second kappa shape index (κ2) is 11.1. The number of nitrogens with one attached hydrogen (secondary N) is 2. The SMILES string of the molecule is CN(C)CCOc1ccc(C(=O)C2[C@H](c3ccc(Cl)cc3)[C@@H](c3ccccc3)NC23C(=O)Nc2ccccc23)cc1. The van der Waals surface area contributed by atoms with Gasteiger partial charge >= 0.3 is 0 Å². The molecular formula is C34H32ClN3O3. The molecule has 2 aliphatic rings. The highest BCUT2D eigenvalue weighted by molar-refractivity contribution is 6.30. The summed E-state index contributed by atoms with van der Waals surface area (Å²) in [7, 11) is 3.99. The molecule has 7 heteroatoms. The zero-order valence-corrected chi connectivity index (χ0v) is 23.8. The number of hydrogen-bond donors (Lipinski definition) is 2. The van der Waals surface area contributed by atoms with Crippen LogP contribution >= 0.6 is 11.6 Å². The number of anilines is 1. The number of nitrogens with zero attached hydrogens (tertiary/aromatic N) is 1. The Morgan fingerprint density at radius 1 is 0.878 bits per heavy atom. The molecule has 2 heterocycles. The summed E-state index contributed by atoms with van der Waals surface area (Å²) in [5.74, 6) is -0.725. The van der Waals surface area contributed by atoms with Crippen LogP contribution in [0.25, 0.3) is 0 Å². The number of carbonyl (C=O) groups is 2. The first-order valence-electron chi connectivity index (χ1n) is 13.8. The van der Waals surface area contributed by atoms with E-state index in [1.807, 2.05) is 105 Å². The van der Waals surface area contributed by atoms with Crippen LogP contribution in [0, 0.1) is 5.92 Å².